The van der Waals surface area contributed by atoms with E-state index in [1.54, 1.807) is 18.3 Å². The van der Waals surface area contributed by atoms with Crippen LogP contribution in [0.15, 0.2) is 72.4 Å². The van der Waals surface area contributed by atoms with Gasteiger partial charge in [0, 0.05) is 11.6 Å². The van der Waals surface area contributed by atoms with E-state index in [0.717, 1.165) is 22.0 Å². The van der Waals surface area contributed by atoms with Crippen molar-refractivity contribution in [2.24, 2.45) is 0 Å². The van der Waals surface area contributed by atoms with Gasteiger partial charge in [-0.3, -0.25) is 9.78 Å². The number of fused-ring (bicyclic) bond motifs is 1. The molecule has 3 aromatic rings. The zero-order chi connectivity index (χ0) is 17.6. The fourth-order valence-electron chi connectivity index (χ4n) is 2.65. The topological polar surface area (TPSA) is 65.8 Å². The first-order valence-corrected chi connectivity index (χ1v) is 8.00. The Kier molecular flexibility index (Phi) is 4.87. The molecule has 0 saturated carbocycles. The number of nitrogens with zero attached hydrogens (tertiary/aromatic N) is 2. The van der Waals surface area contributed by atoms with Crippen molar-refractivity contribution in [1.29, 1.82) is 5.26 Å². The van der Waals surface area contributed by atoms with E-state index in [4.69, 9.17) is 0 Å². The molecule has 4 nitrogen and oxygen atoms in total. The average molecular weight is 327 g/mol. The standard InChI is InChI=1S/C21H17N3O/c1-15(16-7-3-2-4-8-16)24-21(25)18(14-22)13-17-11-12-23-20-10-6-5-9-19(17)20/h2-13,15H,1H3,(H,24,25)/b18-13+/t15-/m0/s1. The summed E-state index contributed by atoms with van der Waals surface area (Å²) in [6.07, 6.45) is 3.28. The van der Waals surface area contributed by atoms with Crippen LogP contribution in [0.4, 0.5) is 0 Å². The monoisotopic (exact) mass is 327 g/mol. The predicted octanol–water partition coefficient (Wildman–Crippen LogP) is 4.02. The molecule has 3 rings (SSSR count). The Balaban J connectivity index is 1.87. The molecule has 0 unspecified atom stereocenters. The molecule has 0 saturated heterocycles. The van der Waals surface area contributed by atoms with Crippen LogP contribution in [0.2, 0.25) is 0 Å². The van der Waals surface area contributed by atoms with Gasteiger partial charge in [-0.05, 0) is 36.3 Å². The van der Waals surface area contributed by atoms with E-state index in [2.05, 4.69) is 10.3 Å². The van der Waals surface area contributed by atoms with Gasteiger partial charge in [-0.1, -0.05) is 48.5 Å². The van der Waals surface area contributed by atoms with E-state index in [-0.39, 0.29) is 17.5 Å². The Bertz CT molecular complexity index is 966. The number of carbonyl (C=O) groups is 1. The van der Waals surface area contributed by atoms with Crippen molar-refractivity contribution in [2.45, 2.75) is 13.0 Å². The number of nitriles is 1. The minimum atomic E-state index is -0.389. The van der Waals surface area contributed by atoms with Crippen molar-refractivity contribution in [3.8, 4) is 6.07 Å². The number of amides is 1. The molecule has 0 radical (unpaired) electrons. The predicted molar refractivity (Wildman–Crippen MR) is 98.3 cm³/mol. The number of para-hydroxylation sites is 1. The van der Waals surface area contributed by atoms with Gasteiger partial charge >= 0.3 is 0 Å². The molecule has 1 aromatic heterocycles. The molecule has 0 bridgehead atoms. The van der Waals surface area contributed by atoms with Gasteiger partial charge in [0.1, 0.15) is 11.6 Å². The number of hydrogen-bond donors (Lipinski definition) is 1. The molecule has 25 heavy (non-hydrogen) atoms. The number of aromatic nitrogens is 1. The summed E-state index contributed by atoms with van der Waals surface area (Å²) in [6, 6.07) is 20.9. The van der Waals surface area contributed by atoms with E-state index in [1.165, 1.54) is 0 Å². The number of rotatable bonds is 4. The van der Waals surface area contributed by atoms with Gasteiger partial charge in [-0.25, -0.2) is 0 Å². The summed E-state index contributed by atoms with van der Waals surface area (Å²) in [4.78, 5) is 16.8. The average Bonchev–Trinajstić information content (AvgIpc) is 2.66. The second-order valence-corrected chi connectivity index (χ2v) is 5.69. The van der Waals surface area contributed by atoms with E-state index >= 15 is 0 Å². The smallest absolute Gasteiger partial charge is 0.262 e. The van der Waals surface area contributed by atoms with Crippen LogP contribution in [0.1, 0.15) is 24.1 Å². The highest BCUT2D eigenvalue weighted by Gasteiger charge is 2.14. The van der Waals surface area contributed by atoms with Crippen molar-refractivity contribution < 1.29 is 4.79 Å². The normalized spacial score (nSPS) is 12.4. The molecule has 4 heteroatoms. The highest BCUT2D eigenvalue weighted by atomic mass is 16.1. The Morgan fingerprint density at radius 2 is 1.84 bits per heavy atom. The van der Waals surface area contributed by atoms with Crippen LogP contribution >= 0.6 is 0 Å². The summed E-state index contributed by atoms with van der Waals surface area (Å²) in [6.45, 7) is 1.89. The maximum atomic E-state index is 12.5. The van der Waals surface area contributed by atoms with Crippen molar-refractivity contribution >= 4 is 22.9 Å². The summed E-state index contributed by atoms with van der Waals surface area (Å²) >= 11 is 0. The first kappa shape index (κ1) is 16.4. The maximum Gasteiger partial charge on any atom is 0.262 e. The van der Waals surface area contributed by atoms with Crippen LogP contribution in [0, 0.1) is 11.3 Å². The molecule has 0 aliphatic rings. The lowest BCUT2D eigenvalue weighted by Gasteiger charge is -2.13. The van der Waals surface area contributed by atoms with E-state index in [9.17, 15) is 10.1 Å². The van der Waals surface area contributed by atoms with Gasteiger partial charge in [-0.2, -0.15) is 5.26 Å². The summed E-state index contributed by atoms with van der Waals surface area (Å²) in [5.41, 5.74) is 2.68. The lowest BCUT2D eigenvalue weighted by molar-refractivity contribution is -0.117. The SMILES string of the molecule is C[C@H](NC(=O)/C(C#N)=C/c1ccnc2ccccc12)c1ccccc1. The highest BCUT2D eigenvalue weighted by molar-refractivity contribution is 6.03. The van der Waals surface area contributed by atoms with Crippen LogP contribution in [0.3, 0.4) is 0 Å². The van der Waals surface area contributed by atoms with Gasteiger partial charge in [0.05, 0.1) is 11.6 Å². The first-order chi connectivity index (χ1) is 12.2. The molecule has 2 aromatic carbocycles. The van der Waals surface area contributed by atoms with Crippen LogP contribution in [0.25, 0.3) is 17.0 Å². The van der Waals surface area contributed by atoms with Crippen molar-refractivity contribution in [3.05, 3.63) is 83.6 Å². The summed E-state index contributed by atoms with van der Waals surface area (Å²) in [7, 11) is 0. The Morgan fingerprint density at radius 3 is 2.60 bits per heavy atom. The Labute approximate surface area is 146 Å². The summed E-state index contributed by atoms with van der Waals surface area (Å²) in [5, 5.41) is 13.2. The third kappa shape index (κ3) is 3.73. The lowest BCUT2D eigenvalue weighted by atomic mass is 10.1. The van der Waals surface area contributed by atoms with Crippen LogP contribution in [-0.2, 0) is 4.79 Å². The number of carbonyl (C=O) groups excluding carboxylic acids is 1. The molecule has 0 fully saturated rings. The number of pyridine rings is 1. The van der Waals surface area contributed by atoms with Gasteiger partial charge in [0.25, 0.3) is 5.91 Å². The van der Waals surface area contributed by atoms with Crippen LogP contribution in [0.5, 0.6) is 0 Å². The van der Waals surface area contributed by atoms with Gasteiger partial charge in [0.2, 0.25) is 0 Å². The van der Waals surface area contributed by atoms with Crippen LogP contribution < -0.4 is 5.32 Å². The molecule has 1 heterocycles. The second kappa shape index (κ2) is 7.41. The molecule has 1 atom stereocenters. The maximum absolute atomic E-state index is 12.5. The fourth-order valence-corrected chi connectivity index (χ4v) is 2.65. The number of nitrogens with one attached hydrogen (secondary N) is 1. The quantitative estimate of drug-likeness (QED) is 0.581. The van der Waals surface area contributed by atoms with E-state index < -0.39 is 0 Å². The van der Waals surface area contributed by atoms with Crippen LogP contribution in [-0.4, -0.2) is 10.9 Å². The Hall–Kier alpha value is -3.45. The van der Waals surface area contributed by atoms with Crippen molar-refractivity contribution in [1.82, 2.24) is 10.3 Å². The first-order valence-electron chi connectivity index (χ1n) is 8.00. The lowest BCUT2D eigenvalue weighted by Crippen LogP contribution is -2.27. The van der Waals surface area contributed by atoms with Crippen molar-refractivity contribution in [2.75, 3.05) is 0 Å². The van der Waals surface area contributed by atoms with E-state index in [0.29, 0.717) is 0 Å². The largest absolute Gasteiger partial charge is 0.345 e. The minimum absolute atomic E-state index is 0.0686. The fraction of sp³-hybridized carbons (Fsp3) is 0.0952. The zero-order valence-corrected chi connectivity index (χ0v) is 13.8. The molecular weight excluding hydrogens is 310 g/mol. The van der Waals surface area contributed by atoms with Crippen molar-refractivity contribution in [3.63, 3.8) is 0 Å². The highest BCUT2D eigenvalue weighted by Crippen LogP contribution is 2.19. The molecule has 0 aliphatic carbocycles. The number of benzene rings is 2. The third-order valence-corrected chi connectivity index (χ3v) is 3.99. The minimum Gasteiger partial charge on any atom is -0.345 e. The molecule has 122 valence electrons. The van der Waals surface area contributed by atoms with E-state index in [1.807, 2.05) is 67.6 Å². The summed E-state index contributed by atoms with van der Waals surface area (Å²) in [5.74, 6) is -0.389. The second-order valence-electron chi connectivity index (χ2n) is 5.69. The Morgan fingerprint density at radius 1 is 1.12 bits per heavy atom. The zero-order valence-electron chi connectivity index (χ0n) is 13.8. The molecular formula is C21H17N3O. The van der Waals surface area contributed by atoms with Gasteiger partial charge < -0.3 is 5.32 Å². The van der Waals surface area contributed by atoms with Gasteiger partial charge in [-0.15, -0.1) is 0 Å². The molecule has 1 amide bonds. The number of hydrogen-bond acceptors (Lipinski definition) is 3. The summed E-state index contributed by atoms with van der Waals surface area (Å²) < 4.78 is 0. The third-order valence-electron chi connectivity index (χ3n) is 3.99. The molecule has 0 aliphatic heterocycles. The van der Waals surface area contributed by atoms with Gasteiger partial charge in [0.15, 0.2) is 0 Å². The molecule has 1 N–H and O–H groups in total. The molecule has 0 spiro atoms.